The maximum Gasteiger partial charge on any atom is 0.310 e. The zero-order chi connectivity index (χ0) is 18.8. The molecule has 0 aromatic heterocycles. The minimum atomic E-state index is -0.191. The highest BCUT2D eigenvalue weighted by molar-refractivity contribution is 5.78. The van der Waals surface area contributed by atoms with Crippen molar-refractivity contribution in [1.82, 2.24) is 4.90 Å². The Morgan fingerprint density at radius 1 is 1.08 bits per heavy atom. The van der Waals surface area contributed by atoms with Crippen molar-refractivity contribution in [1.29, 1.82) is 0 Å². The number of nitrogens with zero attached hydrogens (tertiary/aromatic N) is 1. The van der Waals surface area contributed by atoms with E-state index in [1.807, 2.05) is 31.2 Å². The van der Waals surface area contributed by atoms with E-state index >= 15 is 0 Å². The third kappa shape index (κ3) is 6.24. The molecule has 144 valence electrons. The highest BCUT2D eigenvalue weighted by Crippen LogP contribution is 2.20. The van der Waals surface area contributed by atoms with Crippen LogP contribution >= 0.6 is 0 Å². The van der Waals surface area contributed by atoms with Crippen LogP contribution in [0.1, 0.15) is 39.5 Å². The first-order valence-electron chi connectivity index (χ1n) is 9.44. The monoisotopic (exact) mass is 363 g/mol. The lowest BCUT2D eigenvalue weighted by Gasteiger charge is -2.31. The number of hydrogen-bond donors (Lipinski definition) is 0. The number of benzene rings is 1. The molecular weight excluding hydrogens is 334 g/mol. The van der Waals surface area contributed by atoms with Crippen LogP contribution in [0.25, 0.3) is 0 Å². The molecule has 0 saturated carbocycles. The van der Waals surface area contributed by atoms with Crippen LogP contribution in [0.3, 0.4) is 0 Å². The molecule has 26 heavy (non-hydrogen) atoms. The van der Waals surface area contributed by atoms with Crippen molar-refractivity contribution in [3.63, 3.8) is 0 Å². The minimum absolute atomic E-state index is 0.0780. The maximum absolute atomic E-state index is 12.4. The number of carbonyl (C=O) groups is 2. The third-order valence-electron chi connectivity index (χ3n) is 4.33. The van der Waals surface area contributed by atoms with Gasteiger partial charge in [-0.3, -0.25) is 9.59 Å². The molecule has 0 radical (unpaired) electrons. The van der Waals surface area contributed by atoms with Crippen LogP contribution < -0.4 is 9.47 Å². The Hall–Kier alpha value is -2.24. The van der Waals surface area contributed by atoms with Crippen molar-refractivity contribution in [3.05, 3.63) is 24.3 Å². The molecular formula is C20H29NO5. The van der Waals surface area contributed by atoms with Gasteiger partial charge in [0.05, 0.1) is 25.7 Å². The normalized spacial score (nSPS) is 16.8. The summed E-state index contributed by atoms with van der Waals surface area (Å²) in [5, 5.41) is 0. The van der Waals surface area contributed by atoms with Gasteiger partial charge in [-0.15, -0.1) is 0 Å². The molecule has 6 nitrogen and oxygen atoms in total. The molecule has 1 amide bonds. The number of esters is 1. The van der Waals surface area contributed by atoms with Crippen molar-refractivity contribution < 1.29 is 23.8 Å². The van der Waals surface area contributed by atoms with Gasteiger partial charge in [0.15, 0.2) is 0 Å². The largest absolute Gasteiger partial charge is 0.494 e. The smallest absolute Gasteiger partial charge is 0.310 e. The number of amides is 1. The van der Waals surface area contributed by atoms with Crippen LogP contribution in [-0.4, -0.2) is 49.7 Å². The summed E-state index contributed by atoms with van der Waals surface area (Å²) >= 11 is 0. The van der Waals surface area contributed by atoms with Gasteiger partial charge in [0.2, 0.25) is 5.91 Å². The third-order valence-corrected chi connectivity index (χ3v) is 4.33. The molecule has 1 fully saturated rings. The predicted molar refractivity (Wildman–Crippen MR) is 98.3 cm³/mol. The van der Waals surface area contributed by atoms with E-state index in [1.54, 1.807) is 11.8 Å². The Morgan fingerprint density at radius 3 is 2.42 bits per heavy atom. The predicted octanol–water partition coefficient (Wildman–Crippen LogP) is 3.05. The lowest BCUT2D eigenvalue weighted by atomic mass is 9.98. The minimum Gasteiger partial charge on any atom is -0.494 e. The molecule has 0 N–H and O–H groups in total. The molecule has 2 rings (SSSR count). The van der Waals surface area contributed by atoms with Gasteiger partial charge in [-0.25, -0.2) is 0 Å². The molecule has 1 atom stereocenters. The number of carbonyl (C=O) groups excluding carboxylic acids is 2. The zero-order valence-electron chi connectivity index (χ0n) is 15.7. The first-order valence-corrected chi connectivity index (χ1v) is 9.44. The van der Waals surface area contributed by atoms with Gasteiger partial charge in [0.1, 0.15) is 11.5 Å². The van der Waals surface area contributed by atoms with Crippen molar-refractivity contribution in [3.8, 4) is 11.5 Å². The van der Waals surface area contributed by atoms with Crippen LogP contribution in [0.15, 0.2) is 24.3 Å². The summed E-state index contributed by atoms with van der Waals surface area (Å²) in [4.78, 5) is 26.0. The van der Waals surface area contributed by atoms with E-state index in [2.05, 4.69) is 0 Å². The molecule has 0 spiro atoms. The number of likely N-dealkylation sites (tertiary alicyclic amines) is 1. The Kier molecular flexibility index (Phi) is 8.25. The van der Waals surface area contributed by atoms with Gasteiger partial charge in [-0.1, -0.05) is 0 Å². The topological polar surface area (TPSA) is 65.1 Å². The van der Waals surface area contributed by atoms with Gasteiger partial charge >= 0.3 is 5.97 Å². The molecule has 0 aliphatic carbocycles. The van der Waals surface area contributed by atoms with Crippen LogP contribution in [0.5, 0.6) is 11.5 Å². The highest BCUT2D eigenvalue weighted by Gasteiger charge is 2.28. The van der Waals surface area contributed by atoms with Crippen molar-refractivity contribution in [2.24, 2.45) is 5.92 Å². The molecule has 1 aromatic rings. The molecule has 0 unspecified atom stereocenters. The van der Waals surface area contributed by atoms with Gasteiger partial charge in [0.25, 0.3) is 0 Å². The SMILES string of the molecule is CCOC(=O)[C@H]1CCCN(C(=O)CCCOc2ccc(OCC)cc2)C1. The second-order valence-electron chi connectivity index (χ2n) is 6.29. The molecule has 1 aromatic carbocycles. The van der Waals surface area contributed by atoms with E-state index in [-0.39, 0.29) is 17.8 Å². The molecule has 1 heterocycles. The number of ether oxygens (including phenoxy) is 3. The van der Waals surface area contributed by atoms with Crippen LogP contribution in [0.2, 0.25) is 0 Å². The van der Waals surface area contributed by atoms with Gasteiger partial charge in [0, 0.05) is 19.5 Å². The summed E-state index contributed by atoms with van der Waals surface area (Å²) in [7, 11) is 0. The second kappa shape index (κ2) is 10.7. The van der Waals surface area contributed by atoms with E-state index < -0.39 is 0 Å². The van der Waals surface area contributed by atoms with E-state index in [9.17, 15) is 9.59 Å². The number of hydrogen-bond acceptors (Lipinski definition) is 5. The summed E-state index contributed by atoms with van der Waals surface area (Å²) in [5.74, 6) is 1.28. The van der Waals surface area contributed by atoms with E-state index in [4.69, 9.17) is 14.2 Å². The van der Waals surface area contributed by atoms with Gasteiger partial charge < -0.3 is 19.1 Å². The highest BCUT2D eigenvalue weighted by atomic mass is 16.5. The lowest BCUT2D eigenvalue weighted by Crippen LogP contribution is -2.42. The number of piperidine rings is 1. The Labute approximate surface area is 155 Å². The van der Waals surface area contributed by atoms with Crippen LogP contribution in [-0.2, 0) is 14.3 Å². The van der Waals surface area contributed by atoms with Gasteiger partial charge in [-0.2, -0.15) is 0 Å². The van der Waals surface area contributed by atoms with E-state index in [0.717, 1.165) is 24.3 Å². The zero-order valence-corrected chi connectivity index (χ0v) is 15.7. The van der Waals surface area contributed by atoms with Crippen molar-refractivity contribution in [2.45, 2.75) is 39.5 Å². The molecule has 1 aliphatic rings. The average molecular weight is 363 g/mol. The molecule has 6 heteroatoms. The standard InChI is InChI=1S/C20H29NO5/c1-3-24-17-9-11-18(12-10-17)26-14-6-8-19(22)21-13-5-7-16(15-21)20(23)25-4-2/h9-12,16H,3-8,13-15H2,1-2H3/t16-/m0/s1. The van der Waals surface area contributed by atoms with Gasteiger partial charge in [-0.05, 0) is 57.4 Å². The van der Waals surface area contributed by atoms with Crippen LogP contribution in [0, 0.1) is 5.92 Å². The summed E-state index contributed by atoms with van der Waals surface area (Å²) in [6.45, 7) is 6.43. The first-order chi connectivity index (χ1) is 12.6. The molecule has 1 saturated heterocycles. The summed E-state index contributed by atoms with van der Waals surface area (Å²) in [5.41, 5.74) is 0. The fourth-order valence-corrected chi connectivity index (χ4v) is 3.03. The molecule has 1 aliphatic heterocycles. The fourth-order valence-electron chi connectivity index (χ4n) is 3.03. The second-order valence-corrected chi connectivity index (χ2v) is 6.29. The first kappa shape index (κ1) is 20.1. The average Bonchev–Trinajstić information content (AvgIpc) is 2.67. The lowest BCUT2D eigenvalue weighted by molar-refractivity contribution is -0.151. The van der Waals surface area contributed by atoms with Crippen molar-refractivity contribution >= 4 is 11.9 Å². The Balaban J connectivity index is 1.68. The number of rotatable bonds is 9. The fraction of sp³-hybridized carbons (Fsp3) is 0.600. The quantitative estimate of drug-likeness (QED) is 0.498. The summed E-state index contributed by atoms with van der Waals surface area (Å²) < 4.78 is 16.1. The van der Waals surface area contributed by atoms with Crippen molar-refractivity contribution in [2.75, 3.05) is 32.9 Å². The van der Waals surface area contributed by atoms with E-state index in [0.29, 0.717) is 45.8 Å². The van der Waals surface area contributed by atoms with E-state index in [1.165, 1.54) is 0 Å². The Morgan fingerprint density at radius 2 is 1.77 bits per heavy atom. The maximum atomic E-state index is 12.4. The molecule has 0 bridgehead atoms. The summed E-state index contributed by atoms with van der Waals surface area (Å²) in [6, 6.07) is 7.46. The Bertz CT molecular complexity index is 572. The summed E-state index contributed by atoms with van der Waals surface area (Å²) in [6.07, 6.45) is 2.71. The van der Waals surface area contributed by atoms with Crippen LogP contribution in [0.4, 0.5) is 0 Å².